The van der Waals surface area contributed by atoms with E-state index in [9.17, 15) is 24.8 Å². The topological polar surface area (TPSA) is 168 Å². The van der Waals surface area contributed by atoms with Crippen LogP contribution in [0.25, 0.3) is 0 Å². The summed E-state index contributed by atoms with van der Waals surface area (Å²) in [4.78, 5) is 37.5. The molecule has 4 unspecified atom stereocenters. The highest BCUT2D eigenvalue weighted by Crippen LogP contribution is 2.45. The second kappa shape index (κ2) is 16.8. The summed E-state index contributed by atoms with van der Waals surface area (Å²) >= 11 is 0. The van der Waals surface area contributed by atoms with E-state index in [2.05, 4.69) is 10.6 Å². The third-order valence-corrected chi connectivity index (χ3v) is 7.49. The molecule has 0 radical (unpaired) electrons. The number of unbranched alkanes of at least 4 members (excludes halogenated alkanes) is 1. The molecular formula is C32H43N3O10. The van der Waals surface area contributed by atoms with Gasteiger partial charge in [-0.1, -0.05) is 24.3 Å². The summed E-state index contributed by atoms with van der Waals surface area (Å²) in [6.45, 7) is 6.41. The van der Waals surface area contributed by atoms with Crippen LogP contribution in [0.2, 0.25) is 0 Å². The van der Waals surface area contributed by atoms with Gasteiger partial charge in [-0.05, 0) is 57.9 Å². The first-order valence-electron chi connectivity index (χ1n) is 14.8. The van der Waals surface area contributed by atoms with Crippen LogP contribution in [0.1, 0.15) is 45.1 Å². The normalized spacial score (nSPS) is 20.1. The van der Waals surface area contributed by atoms with Crippen molar-refractivity contribution in [3.63, 3.8) is 0 Å². The van der Waals surface area contributed by atoms with E-state index in [0.29, 0.717) is 48.7 Å². The van der Waals surface area contributed by atoms with Crippen molar-refractivity contribution < 1.29 is 43.3 Å². The molecule has 3 N–H and O–H groups in total. The van der Waals surface area contributed by atoms with Crippen molar-refractivity contribution in [1.29, 1.82) is 0 Å². The van der Waals surface area contributed by atoms with Gasteiger partial charge in [-0.2, -0.15) is 0 Å². The molecule has 0 aliphatic carbocycles. The minimum Gasteiger partial charge on any atom is -0.493 e. The predicted octanol–water partition coefficient (Wildman–Crippen LogP) is 3.46. The maximum absolute atomic E-state index is 13.5. The molecule has 13 nitrogen and oxygen atoms in total. The fourth-order valence-corrected chi connectivity index (χ4v) is 5.42. The molecule has 13 heteroatoms. The highest BCUT2D eigenvalue weighted by molar-refractivity contribution is 5.93. The van der Waals surface area contributed by atoms with Crippen LogP contribution in [-0.2, 0) is 23.8 Å². The molecule has 0 spiro atoms. The van der Waals surface area contributed by atoms with Crippen LogP contribution in [0.3, 0.4) is 0 Å². The number of carbonyl (C=O) groups excluding carboxylic acids is 2. The minimum atomic E-state index is -1.32. The van der Waals surface area contributed by atoms with E-state index in [0.717, 1.165) is 0 Å². The highest BCUT2D eigenvalue weighted by Gasteiger charge is 2.53. The number of carbonyl (C=O) groups is 2. The number of nitrogens with one attached hydrogen (secondary N) is 2. The molecule has 1 aliphatic rings. The van der Waals surface area contributed by atoms with Crippen molar-refractivity contribution in [2.75, 3.05) is 47.1 Å². The van der Waals surface area contributed by atoms with Gasteiger partial charge in [0.15, 0.2) is 11.5 Å². The summed E-state index contributed by atoms with van der Waals surface area (Å²) < 4.78 is 27.7. The van der Waals surface area contributed by atoms with Crippen molar-refractivity contribution in [3.8, 4) is 11.5 Å². The number of hydrogen-bond donors (Lipinski definition) is 3. The van der Waals surface area contributed by atoms with Gasteiger partial charge in [-0.25, -0.2) is 4.79 Å². The highest BCUT2D eigenvalue weighted by atomic mass is 16.6. The van der Waals surface area contributed by atoms with Crippen LogP contribution in [0.4, 0.5) is 5.69 Å². The number of benzene rings is 2. The molecule has 246 valence electrons. The fourth-order valence-electron chi connectivity index (χ4n) is 5.42. The molecule has 1 aliphatic heterocycles. The average molecular weight is 630 g/mol. The zero-order valence-corrected chi connectivity index (χ0v) is 26.4. The van der Waals surface area contributed by atoms with E-state index >= 15 is 0 Å². The molecule has 0 saturated carbocycles. The molecule has 2 aromatic carbocycles. The van der Waals surface area contributed by atoms with Gasteiger partial charge >= 0.3 is 11.9 Å². The Hall–Kier alpha value is -4.20. The number of non-ortho nitro benzene ring substituents is 1. The van der Waals surface area contributed by atoms with Gasteiger partial charge in [0.25, 0.3) is 5.69 Å². The first-order valence-corrected chi connectivity index (χ1v) is 14.8. The van der Waals surface area contributed by atoms with Crippen molar-refractivity contribution in [3.05, 3.63) is 75.5 Å². The number of allylic oxidation sites excluding steroid dienone is 1. The maximum atomic E-state index is 13.5. The fraction of sp³-hybridized carbons (Fsp3) is 0.500. The molecule has 0 bridgehead atoms. The number of ether oxygens (including phenoxy) is 5. The number of hydrogen-bond acceptors (Lipinski definition) is 12. The van der Waals surface area contributed by atoms with Crippen molar-refractivity contribution >= 4 is 17.6 Å². The molecular weight excluding hydrogens is 586 g/mol. The molecule has 45 heavy (non-hydrogen) atoms. The number of rotatable bonds is 17. The van der Waals surface area contributed by atoms with Gasteiger partial charge in [0, 0.05) is 36.9 Å². The Morgan fingerprint density at radius 1 is 1.13 bits per heavy atom. The van der Waals surface area contributed by atoms with Crippen molar-refractivity contribution in [2.45, 2.75) is 51.4 Å². The zero-order chi connectivity index (χ0) is 33.0. The third kappa shape index (κ3) is 9.16. The van der Waals surface area contributed by atoms with Crippen molar-refractivity contribution in [1.82, 2.24) is 10.6 Å². The summed E-state index contributed by atoms with van der Waals surface area (Å²) in [7, 11) is 2.79. The Morgan fingerprint density at radius 3 is 2.53 bits per heavy atom. The van der Waals surface area contributed by atoms with Gasteiger partial charge in [0.1, 0.15) is 24.4 Å². The third-order valence-electron chi connectivity index (χ3n) is 7.49. The van der Waals surface area contributed by atoms with Crippen LogP contribution in [0.5, 0.6) is 11.5 Å². The molecule has 2 aromatic rings. The Balaban J connectivity index is 1.65. The number of nitro groups is 1. The number of aliphatic hydroxyl groups excluding tert-OH is 1. The van der Waals surface area contributed by atoms with Crippen LogP contribution < -0.4 is 20.1 Å². The quantitative estimate of drug-likeness (QED) is 0.101. The molecule has 0 amide bonds. The van der Waals surface area contributed by atoms with Crippen LogP contribution in [-0.4, -0.2) is 80.9 Å². The standard InChI is InChI=1S/C32H43N3O10/c1-6-43-31(38)29-28(22-12-11-13-23(18-22)35(39)40)27(30(37)42-5)21(2)34-32(29,3)45-17-10-9-16-33-19-24(36)20-44-26-15-8-7-14-25(26)41-4/h7-8,11-15,18,24,28-29,33-34,36H,6,9-10,16-17,19-20H2,1-5H3. The van der Waals surface area contributed by atoms with Crippen LogP contribution in [0.15, 0.2) is 59.8 Å². The molecule has 0 fully saturated rings. The number of nitrogens with zero attached hydrogens (tertiary/aromatic N) is 1. The van der Waals surface area contributed by atoms with Gasteiger partial charge in [0.2, 0.25) is 0 Å². The van der Waals surface area contributed by atoms with E-state index in [4.69, 9.17) is 23.7 Å². The van der Waals surface area contributed by atoms with E-state index < -0.39 is 40.5 Å². The summed E-state index contributed by atoms with van der Waals surface area (Å²) in [6, 6.07) is 13.0. The van der Waals surface area contributed by atoms with Crippen LogP contribution in [0, 0.1) is 16.0 Å². The lowest BCUT2D eigenvalue weighted by Crippen LogP contribution is -2.59. The summed E-state index contributed by atoms with van der Waals surface area (Å²) in [5.41, 5.74) is -0.525. The number of para-hydroxylation sites is 2. The SMILES string of the molecule is CCOC(=O)C1C(c2cccc([N+](=O)[O-])c2)C(C(=O)OC)=C(C)NC1(C)OCCCCNCC(O)COc1ccccc1OC. The van der Waals surface area contributed by atoms with E-state index in [1.165, 1.54) is 25.3 Å². The Kier molecular flexibility index (Phi) is 13.1. The van der Waals surface area contributed by atoms with E-state index in [-0.39, 0.29) is 31.1 Å². The lowest BCUT2D eigenvalue weighted by molar-refractivity contribution is -0.384. The first-order chi connectivity index (χ1) is 21.6. The van der Waals surface area contributed by atoms with E-state index in [1.807, 2.05) is 12.1 Å². The van der Waals surface area contributed by atoms with E-state index in [1.54, 1.807) is 46.1 Å². The summed E-state index contributed by atoms with van der Waals surface area (Å²) in [5, 5.41) is 28.2. The largest absolute Gasteiger partial charge is 0.493 e. The first kappa shape index (κ1) is 35.3. The van der Waals surface area contributed by atoms with Crippen LogP contribution >= 0.6 is 0 Å². The summed E-state index contributed by atoms with van der Waals surface area (Å²) in [6.07, 6.45) is 0.588. The average Bonchev–Trinajstić information content (AvgIpc) is 3.02. The maximum Gasteiger partial charge on any atom is 0.336 e. The van der Waals surface area contributed by atoms with Gasteiger partial charge in [-0.15, -0.1) is 0 Å². The Labute approximate surface area is 263 Å². The Bertz CT molecular complexity index is 1350. The molecule has 0 saturated heterocycles. The summed E-state index contributed by atoms with van der Waals surface area (Å²) in [5.74, 6) is -2.16. The minimum absolute atomic E-state index is 0.0881. The molecule has 1 heterocycles. The second-order valence-corrected chi connectivity index (χ2v) is 10.7. The van der Waals surface area contributed by atoms with Crippen molar-refractivity contribution in [2.24, 2.45) is 5.92 Å². The number of esters is 2. The zero-order valence-electron chi connectivity index (χ0n) is 26.4. The smallest absolute Gasteiger partial charge is 0.336 e. The number of methoxy groups -OCH3 is 2. The number of aliphatic hydroxyl groups is 1. The lowest BCUT2D eigenvalue weighted by Gasteiger charge is -2.46. The molecule has 4 atom stereocenters. The van der Waals surface area contributed by atoms with Gasteiger partial charge in [-0.3, -0.25) is 14.9 Å². The molecule has 3 rings (SSSR count). The lowest BCUT2D eigenvalue weighted by atomic mass is 9.72. The predicted molar refractivity (Wildman–Crippen MR) is 165 cm³/mol. The Morgan fingerprint density at radius 2 is 1.87 bits per heavy atom. The van der Waals surface area contributed by atoms with Gasteiger partial charge in [0.05, 0.1) is 31.3 Å². The van der Waals surface area contributed by atoms with Gasteiger partial charge < -0.3 is 39.4 Å². The number of nitro benzene ring substituents is 1. The second-order valence-electron chi connectivity index (χ2n) is 10.7. The molecule has 0 aromatic heterocycles. The monoisotopic (exact) mass is 629 g/mol.